The zero-order valence-electron chi connectivity index (χ0n) is 14.3. The van der Waals surface area contributed by atoms with Gasteiger partial charge in [-0.3, -0.25) is 4.79 Å². The molecule has 0 aliphatic heterocycles. The quantitative estimate of drug-likeness (QED) is 0.675. The van der Waals surface area contributed by atoms with Gasteiger partial charge in [-0.25, -0.2) is 0 Å². The highest BCUT2D eigenvalue weighted by molar-refractivity contribution is 5.91. The number of alkyl halides is 3. The fraction of sp³-hybridized carbons (Fsp3) is 0.316. The standard InChI is InChI=1S/C19H20F3NO3/c1-2-3-11-25-16-7-9-17(10-8-16)26-13-18(24)23-15-6-4-5-14(12-15)19(20,21)22/h4-10,12H,2-3,11,13H2,1H3,(H,23,24). The van der Waals surface area contributed by atoms with E-state index in [0.29, 0.717) is 18.1 Å². The van der Waals surface area contributed by atoms with Crippen LogP contribution in [0.1, 0.15) is 25.3 Å². The number of amides is 1. The zero-order valence-corrected chi connectivity index (χ0v) is 14.3. The van der Waals surface area contributed by atoms with Crippen molar-refractivity contribution >= 4 is 11.6 Å². The molecule has 0 aliphatic carbocycles. The highest BCUT2D eigenvalue weighted by Crippen LogP contribution is 2.30. The molecular formula is C19H20F3NO3. The molecule has 140 valence electrons. The molecular weight excluding hydrogens is 347 g/mol. The van der Waals surface area contributed by atoms with Crippen LogP contribution in [0.4, 0.5) is 18.9 Å². The lowest BCUT2D eigenvalue weighted by molar-refractivity contribution is -0.137. The molecule has 0 fully saturated rings. The van der Waals surface area contributed by atoms with Gasteiger partial charge in [-0.15, -0.1) is 0 Å². The van der Waals surface area contributed by atoms with E-state index >= 15 is 0 Å². The van der Waals surface area contributed by atoms with E-state index < -0.39 is 17.6 Å². The summed E-state index contributed by atoms with van der Waals surface area (Å²) in [4.78, 5) is 11.8. The maximum atomic E-state index is 12.7. The minimum Gasteiger partial charge on any atom is -0.494 e. The fourth-order valence-electron chi connectivity index (χ4n) is 2.09. The molecule has 0 saturated carbocycles. The van der Waals surface area contributed by atoms with Gasteiger partial charge in [-0.2, -0.15) is 13.2 Å². The van der Waals surface area contributed by atoms with Crippen molar-refractivity contribution in [1.29, 1.82) is 0 Å². The Hall–Kier alpha value is -2.70. The summed E-state index contributed by atoms with van der Waals surface area (Å²) >= 11 is 0. The third-order valence-corrected chi connectivity index (χ3v) is 3.43. The Balaban J connectivity index is 1.83. The molecule has 4 nitrogen and oxygen atoms in total. The van der Waals surface area contributed by atoms with E-state index in [9.17, 15) is 18.0 Å². The van der Waals surface area contributed by atoms with E-state index in [-0.39, 0.29) is 12.3 Å². The van der Waals surface area contributed by atoms with Crippen LogP contribution in [-0.2, 0) is 11.0 Å². The molecule has 0 aliphatic rings. The minimum absolute atomic E-state index is 0.0631. The third kappa shape index (κ3) is 6.31. The summed E-state index contributed by atoms with van der Waals surface area (Å²) in [7, 11) is 0. The number of halogens is 3. The normalized spacial score (nSPS) is 11.1. The van der Waals surface area contributed by atoms with Crippen molar-refractivity contribution in [2.24, 2.45) is 0 Å². The molecule has 0 heterocycles. The summed E-state index contributed by atoms with van der Waals surface area (Å²) < 4.78 is 48.8. The largest absolute Gasteiger partial charge is 0.494 e. The second-order valence-electron chi connectivity index (χ2n) is 5.59. The number of rotatable bonds is 8. The molecule has 7 heteroatoms. The molecule has 0 atom stereocenters. The predicted molar refractivity (Wildman–Crippen MR) is 92.4 cm³/mol. The zero-order chi connectivity index (χ0) is 19.0. The lowest BCUT2D eigenvalue weighted by Gasteiger charge is -2.11. The van der Waals surface area contributed by atoms with Gasteiger partial charge in [-0.1, -0.05) is 19.4 Å². The lowest BCUT2D eigenvalue weighted by Crippen LogP contribution is -2.20. The summed E-state index contributed by atoms with van der Waals surface area (Å²) in [5.41, 5.74) is -0.761. The SMILES string of the molecule is CCCCOc1ccc(OCC(=O)Nc2cccc(C(F)(F)F)c2)cc1. The van der Waals surface area contributed by atoms with E-state index in [2.05, 4.69) is 12.2 Å². The van der Waals surface area contributed by atoms with Crippen molar-refractivity contribution in [3.05, 3.63) is 54.1 Å². The van der Waals surface area contributed by atoms with Gasteiger partial charge in [0.2, 0.25) is 0 Å². The number of anilines is 1. The van der Waals surface area contributed by atoms with Gasteiger partial charge in [0.05, 0.1) is 12.2 Å². The van der Waals surface area contributed by atoms with Crippen LogP contribution in [0.2, 0.25) is 0 Å². The van der Waals surface area contributed by atoms with Crippen LogP contribution in [0.25, 0.3) is 0 Å². The number of carbonyl (C=O) groups excluding carboxylic acids is 1. The van der Waals surface area contributed by atoms with Gasteiger partial charge in [0, 0.05) is 5.69 Å². The predicted octanol–water partition coefficient (Wildman–Crippen LogP) is 4.90. The second-order valence-corrected chi connectivity index (χ2v) is 5.59. The van der Waals surface area contributed by atoms with Gasteiger partial charge in [0.25, 0.3) is 5.91 Å². The van der Waals surface area contributed by atoms with Crippen LogP contribution in [0.3, 0.4) is 0 Å². The molecule has 1 amide bonds. The fourth-order valence-corrected chi connectivity index (χ4v) is 2.09. The molecule has 0 unspecified atom stereocenters. The smallest absolute Gasteiger partial charge is 0.416 e. The highest BCUT2D eigenvalue weighted by atomic mass is 19.4. The van der Waals surface area contributed by atoms with Crippen LogP contribution < -0.4 is 14.8 Å². The highest BCUT2D eigenvalue weighted by Gasteiger charge is 2.30. The molecule has 0 bridgehead atoms. The maximum absolute atomic E-state index is 12.7. The van der Waals surface area contributed by atoms with Crippen molar-refractivity contribution in [3.63, 3.8) is 0 Å². The molecule has 2 rings (SSSR count). The molecule has 2 aromatic rings. The number of hydrogen-bond acceptors (Lipinski definition) is 3. The molecule has 0 radical (unpaired) electrons. The van der Waals surface area contributed by atoms with E-state index in [1.807, 2.05) is 0 Å². The lowest BCUT2D eigenvalue weighted by atomic mass is 10.2. The molecule has 2 aromatic carbocycles. The Kier molecular flexibility index (Phi) is 6.89. The molecule has 0 aromatic heterocycles. The Morgan fingerprint density at radius 3 is 2.31 bits per heavy atom. The topological polar surface area (TPSA) is 47.6 Å². The Morgan fingerprint density at radius 2 is 1.69 bits per heavy atom. The number of carbonyl (C=O) groups is 1. The summed E-state index contributed by atoms with van der Waals surface area (Å²) in [6.07, 6.45) is -2.45. The van der Waals surface area contributed by atoms with Crippen LogP contribution >= 0.6 is 0 Å². The first-order chi connectivity index (χ1) is 12.4. The third-order valence-electron chi connectivity index (χ3n) is 3.43. The van der Waals surface area contributed by atoms with Gasteiger partial charge in [0.1, 0.15) is 11.5 Å². The van der Waals surface area contributed by atoms with E-state index in [0.717, 1.165) is 25.0 Å². The van der Waals surface area contributed by atoms with Crippen LogP contribution in [0.5, 0.6) is 11.5 Å². The first-order valence-electron chi connectivity index (χ1n) is 8.21. The maximum Gasteiger partial charge on any atom is 0.416 e. The Labute approximate surface area is 149 Å². The molecule has 1 N–H and O–H groups in total. The number of ether oxygens (including phenoxy) is 2. The summed E-state index contributed by atoms with van der Waals surface area (Å²) in [5.74, 6) is 0.624. The molecule has 0 spiro atoms. The second kappa shape index (κ2) is 9.12. The van der Waals surface area contributed by atoms with Gasteiger partial charge in [0.15, 0.2) is 6.61 Å². The van der Waals surface area contributed by atoms with E-state index in [1.54, 1.807) is 24.3 Å². The van der Waals surface area contributed by atoms with Crippen molar-refractivity contribution in [2.75, 3.05) is 18.5 Å². The van der Waals surface area contributed by atoms with E-state index in [4.69, 9.17) is 9.47 Å². The van der Waals surface area contributed by atoms with Crippen LogP contribution in [0.15, 0.2) is 48.5 Å². The summed E-state index contributed by atoms with van der Waals surface area (Å²) in [5, 5.41) is 2.38. The number of unbranched alkanes of at least 4 members (excludes halogenated alkanes) is 1. The first kappa shape index (κ1) is 19.6. The Bertz CT molecular complexity index is 715. The number of benzene rings is 2. The first-order valence-corrected chi connectivity index (χ1v) is 8.21. The van der Waals surface area contributed by atoms with Gasteiger partial charge < -0.3 is 14.8 Å². The van der Waals surface area contributed by atoms with Crippen LogP contribution in [0, 0.1) is 0 Å². The van der Waals surface area contributed by atoms with Crippen molar-refractivity contribution in [1.82, 2.24) is 0 Å². The van der Waals surface area contributed by atoms with Crippen molar-refractivity contribution in [2.45, 2.75) is 25.9 Å². The monoisotopic (exact) mass is 367 g/mol. The number of hydrogen-bond donors (Lipinski definition) is 1. The van der Waals surface area contributed by atoms with E-state index in [1.165, 1.54) is 12.1 Å². The summed E-state index contributed by atoms with van der Waals surface area (Å²) in [6.45, 7) is 2.40. The van der Waals surface area contributed by atoms with Gasteiger partial charge in [-0.05, 0) is 48.9 Å². The van der Waals surface area contributed by atoms with Crippen molar-refractivity contribution < 1.29 is 27.4 Å². The molecule has 26 heavy (non-hydrogen) atoms. The van der Waals surface area contributed by atoms with Crippen LogP contribution in [-0.4, -0.2) is 19.1 Å². The van der Waals surface area contributed by atoms with Gasteiger partial charge >= 0.3 is 6.18 Å². The molecule has 0 saturated heterocycles. The average molecular weight is 367 g/mol. The average Bonchev–Trinajstić information content (AvgIpc) is 2.61. The summed E-state index contributed by atoms with van der Waals surface area (Å²) in [6, 6.07) is 11.2. The number of nitrogens with one attached hydrogen (secondary N) is 1. The minimum atomic E-state index is -4.46. The Morgan fingerprint density at radius 1 is 1.04 bits per heavy atom. The van der Waals surface area contributed by atoms with Crippen molar-refractivity contribution in [3.8, 4) is 11.5 Å².